The van der Waals surface area contributed by atoms with Crippen LogP contribution in [-0.2, 0) is 0 Å². The molecule has 0 aliphatic heterocycles. The first kappa shape index (κ1) is 11.4. The van der Waals surface area contributed by atoms with Crippen molar-refractivity contribution in [1.82, 2.24) is 5.32 Å². The van der Waals surface area contributed by atoms with E-state index in [1.807, 2.05) is 17.5 Å². The molecule has 1 fully saturated rings. The number of urea groups is 1. The van der Waals surface area contributed by atoms with Crippen molar-refractivity contribution in [2.45, 2.75) is 25.4 Å². The van der Waals surface area contributed by atoms with Gasteiger partial charge in [0.05, 0.1) is 11.1 Å². The molecule has 1 saturated carbocycles. The number of anilines is 1. The predicted molar refractivity (Wildman–Crippen MR) is 64.7 cm³/mol. The minimum absolute atomic E-state index is 0.193. The van der Waals surface area contributed by atoms with Crippen LogP contribution in [0.4, 0.5) is 9.80 Å². The molecule has 5 heteroatoms. The third-order valence-corrected chi connectivity index (χ3v) is 3.69. The molecule has 0 saturated heterocycles. The van der Waals surface area contributed by atoms with Crippen LogP contribution in [0.25, 0.3) is 0 Å². The predicted octanol–water partition coefficient (Wildman–Crippen LogP) is 2.03. The largest absolute Gasteiger partial charge is 0.393 e. The Bertz CT molecular complexity index is 340. The van der Waals surface area contributed by atoms with Crippen LogP contribution in [0.5, 0.6) is 0 Å². The molecule has 4 nitrogen and oxygen atoms in total. The summed E-state index contributed by atoms with van der Waals surface area (Å²) in [5.74, 6) is 0.217. The van der Waals surface area contributed by atoms with Gasteiger partial charge in [0.1, 0.15) is 0 Å². The smallest absolute Gasteiger partial charge is 0.319 e. The molecule has 1 aromatic heterocycles. The van der Waals surface area contributed by atoms with E-state index in [4.69, 9.17) is 0 Å². The fourth-order valence-corrected chi connectivity index (χ4v) is 2.60. The van der Waals surface area contributed by atoms with Crippen molar-refractivity contribution in [2.24, 2.45) is 5.92 Å². The van der Waals surface area contributed by atoms with E-state index in [1.165, 1.54) is 11.3 Å². The van der Waals surface area contributed by atoms with Gasteiger partial charge in [-0.25, -0.2) is 4.79 Å². The third kappa shape index (κ3) is 2.96. The van der Waals surface area contributed by atoms with Crippen LogP contribution in [0.2, 0.25) is 0 Å². The Kier molecular flexibility index (Phi) is 3.79. The van der Waals surface area contributed by atoms with E-state index >= 15 is 0 Å². The van der Waals surface area contributed by atoms with Crippen LogP contribution < -0.4 is 10.6 Å². The maximum Gasteiger partial charge on any atom is 0.319 e. The Hall–Kier alpha value is -1.07. The van der Waals surface area contributed by atoms with Crippen molar-refractivity contribution in [3.05, 3.63) is 17.5 Å². The van der Waals surface area contributed by atoms with E-state index in [-0.39, 0.29) is 18.1 Å². The number of aliphatic hydroxyl groups excluding tert-OH is 1. The standard InChI is InChI=1S/C11H16N2O2S/c14-9-4-1-3-8(9)7-12-11(15)13-10-5-2-6-16-10/h2,5-6,8-9,14H,1,3-4,7H2,(H2,12,13,15)/t8-,9-/m0/s1. The van der Waals surface area contributed by atoms with Gasteiger partial charge in [-0.05, 0) is 30.4 Å². The van der Waals surface area contributed by atoms with Gasteiger partial charge in [-0.15, -0.1) is 11.3 Å². The second kappa shape index (κ2) is 5.32. The molecule has 88 valence electrons. The van der Waals surface area contributed by atoms with Crippen LogP contribution >= 0.6 is 11.3 Å². The molecular formula is C11H16N2O2S. The monoisotopic (exact) mass is 240 g/mol. The summed E-state index contributed by atoms with van der Waals surface area (Å²) < 4.78 is 0. The summed E-state index contributed by atoms with van der Waals surface area (Å²) in [5, 5.41) is 17.9. The zero-order valence-electron chi connectivity index (χ0n) is 8.98. The summed E-state index contributed by atoms with van der Waals surface area (Å²) in [5.41, 5.74) is 0. The number of carbonyl (C=O) groups is 1. The van der Waals surface area contributed by atoms with Crippen LogP contribution in [0.1, 0.15) is 19.3 Å². The van der Waals surface area contributed by atoms with Crippen molar-refractivity contribution in [3.8, 4) is 0 Å². The zero-order valence-corrected chi connectivity index (χ0v) is 9.80. The van der Waals surface area contributed by atoms with Gasteiger partial charge >= 0.3 is 6.03 Å². The minimum Gasteiger partial charge on any atom is -0.393 e. The fraction of sp³-hybridized carbons (Fsp3) is 0.545. The lowest BCUT2D eigenvalue weighted by Crippen LogP contribution is -2.35. The van der Waals surface area contributed by atoms with Crippen LogP contribution in [0.3, 0.4) is 0 Å². The molecule has 3 N–H and O–H groups in total. The number of carbonyl (C=O) groups excluding carboxylic acids is 1. The maximum atomic E-state index is 11.5. The molecule has 16 heavy (non-hydrogen) atoms. The summed E-state index contributed by atoms with van der Waals surface area (Å²) in [6.07, 6.45) is 2.67. The van der Waals surface area contributed by atoms with E-state index < -0.39 is 0 Å². The molecule has 0 bridgehead atoms. The number of nitrogens with one attached hydrogen (secondary N) is 2. The first-order valence-corrected chi connectivity index (χ1v) is 6.40. The van der Waals surface area contributed by atoms with E-state index in [9.17, 15) is 9.90 Å². The Morgan fingerprint density at radius 2 is 2.44 bits per heavy atom. The number of rotatable bonds is 3. The highest BCUT2D eigenvalue weighted by molar-refractivity contribution is 7.14. The fourth-order valence-electron chi connectivity index (χ4n) is 1.98. The van der Waals surface area contributed by atoms with Gasteiger partial charge in [-0.3, -0.25) is 5.32 Å². The van der Waals surface area contributed by atoms with Gasteiger partial charge in [0.25, 0.3) is 0 Å². The van der Waals surface area contributed by atoms with E-state index in [0.29, 0.717) is 6.54 Å². The Morgan fingerprint density at radius 3 is 3.06 bits per heavy atom. The topological polar surface area (TPSA) is 61.4 Å². The lowest BCUT2D eigenvalue weighted by atomic mass is 10.1. The molecule has 2 amide bonds. The molecular weight excluding hydrogens is 224 g/mol. The molecule has 1 aliphatic rings. The first-order chi connectivity index (χ1) is 7.75. The quantitative estimate of drug-likeness (QED) is 0.757. The number of aliphatic hydroxyl groups is 1. The first-order valence-electron chi connectivity index (χ1n) is 5.52. The van der Waals surface area contributed by atoms with Crippen molar-refractivity contribution >= 4 is 22.4 Å². The second-order valence-corrected chi connectivity index (χ2v) is 5.02. The summed E-state index contributed by atoms with van der Waals surface area (Å²) >= 11 is 1.49. The van der Waals surface area contributed by atoms with Crippen molar-refractivity contribution < 1.29 is 9.90 Å². The molecule has 2 rings (SSSR count). The van der Waals surface area contributed by atoms with E-state index in [1.54, 1.807) is 0 Å². The molecule has 2 atom stereocenters. The molecule has 0 unspecified atom stereocenters. The average Bonchev–Trinajstić information content (AvgIpc) is 2.87. The van der Waals surface area contributed by atoms with Gasteiger partial charge < -0.3 is 10.4 Å². The second-order valence-electron chi connectivity index (χ2n) is 4.07. The lowest BCUT2D eigenvalue weighted by Gasteiger charge is -2.15. The van der Waals surface area contributed by atoms with Gasteiger partial charge in [-0.2, -0.15) is 0 Å². The van der Waals surface area contributed by atoms with Gasteiger partial charge in [-0.1, -0.05) is 6.42 Å². The maximum absolute atomic E-state index is 11.5. The van der Waals surface area contributed by atoms with E-state index in [2.05, 4.69) is 10.6 Å². The average molecular weight is 240 g/mol. The highest BCUT2D eigenvalue weighted by atomic mass is 32.1. The summed E-state index contributed by atoms with van der Waals surface area (Å²) in [6, 6.07) is 3.55. The molecule has 1 aromatic rings. The van der Waals surface area contributed by atoms with Gasteiger partial charge in [0.2, 0.25) is 0 Å². The zero-order chi connectivity index (χ0) is 11.4. The molecule has 0 aromatic carbocycles. The number of amides is 2. The van der Waals surface area contributed by atoms with Crippen molar-refractivity contribution in [1.29, 1.82) is 0 Å². The molecule has 0 radical (unpaired) electrons. The molecule has 1 heterocycles. The van der Waals surface area contributed by atoms with E-state index in [0.717, 1.165) is 24.3 Å². The SMILES string of the molecule is O=C(NC[C@@H]1CCC[C@@H]1O)Nc1cccs1. The molecule has 1 aliphatic carbocycles. The Labute approximate surface area is 98.7 Å². The highest BCUT2D eigenvalue weighted by Crippen LogP contribution is 2.24. The van der Waals surface area contributed by atoms with Gasteiger partial charge in [0.15, 0.2) is 0 Å². The van der Waals surface area contributed by atoms with Crippen LogP contribution in [0, 0.1) is 5.92 Å². The minimum atomic E-state index is -0.248. The Balaban J connectivity index is 1.71. The van der Waals surface area contributed by atoms with Crippen molar-refractivity contribution in [3.63, 3.8) is 0 Å². The summed E-state index contributed by atoms with van der Waals surface area (Å²) in [4.78, 5) is 11.5. The summed E-state index contributed by atoms with van der Waals surface area (Å²) in [6.45, 7) is 0.554. The molecule has 0 spiro atoms. The number of hydrogen-bond donors (Lipinski definition) is 3. The highest BCUT2D eigenvalue weighted by Gasteiger charge is 2.25. The summed E-state index contributed by atoms with van der Waals surface area (Å²) in [7, 11) is 0. The van der Waals surface area contributed by atoms with Crippen LogP contribution in [-0.4, -0.2) is 23.8 Å². The number of thiophene rings is 1. The van der Waals surface area contributed by atoms with Crippen LogP contribution in [0.15, 0.2) is 17.5 Å². The normalized spacial score (nSPS) is 24.3. The van der Waals surface area contributed by atoms with Gasteiger partial charge in [0, 0.05) is 12.5 Å². The van der Waals surface area contributed by atoms with Crippen molar-refractivity contribution in [2.75, 3.05) is 11.9 Å². The lowest BCUT2D eigenvalue weighted by molar-refractivity contribution is 0.133. The Morgan fingerprint density at radius 1 is 1.56 bits per heavy atom. The third-order valence-electron chi connectivity index (χ3n) is 2.90. The number of hydrogen-bond acceptors (Lipinski definition) is 3.